The number of aromatic nitrogens is 2. The van der Waals surface area contributed by atoms with Gasteiger partial charge in [0.15, 0.2) is 5.58 Å². The molecule has 3 heterocycles. The van der Waals surface area contributed by atoms with E-state index in [0.717, 1.165) is 89.1 Å². The van der Waals surface area contributed by atoms with E-state index >= 15 is 0 Å². The first-order chi connectivity index (χ1) is 29.7. The standard InChI is InChI=1S/C55H35N3O2/c1-4-15-36(16-5-1)42-21-10-12-24-48(42)57(41-31-32-50-45(33-41)44-22-11-13-25-49(44)58(50)39-19-8-3-9-20-39)40-29-27-37(28-30-40)43-23-14-26-51-54(43)46-34-53-47(35-52(46)59-51)56-55(60-53)38-17-6-2-7-18-38/h1-35H. The van der Waals surface area contributed by atoms with Gasteiger partial charge < -0.3 is 18.3 Å². The second kappa shape index (κ2) is 13.8. The van der Waals surface area contributed by atoms with Crippen LogP contribution in [0.2, 0.25) is 0 Å². The summed E-state index contributed by atoms with van der Waals surface area (Å²) in [7, 11) is 0. The molecule has 12 aromatic rings. The third-order valence-corrected chi connectivity index (χ3v) is 11.6. The lowest BCUT2D eigenvalue weighted by Gasteiger charge is -2.28. The summed E-state index contributed by atoms with van der Waals surface area (Å²) < 4.78 is 15.1. The van der Waals surface area contributed by atoms with Gasteiger partial charge in [-0.1, -0.05) is 127 Å². The van der Waals surface area contributed by atoms with Gasteiger partial charge in [0.25, 0.3) is 0 Å². The SMILES string of the molecule is c1ccc(-c2nc3cc4oc5cccc(-c6ccc(N(c7ccc8c(c7)c7ccccc7n8-c7ccccc7)c7ccccc7-c7ccccc7)cc6)c5c4cc3o2)cc1. The van der Waals surface area contributed by atoms with E-state index < -0.39 is 0 Å². The van der Waals surface area contributed by atoms with Crippen molar-refractivity contribution in [1.82, 2.24) is 9.55 Å². The van der Waals surface area contributed by atoms with E-state index in [2.05, 4.69) is 179 Å². The maximum Gasteiger partial charge on any atom is 0.227 e. The van der Waals surface area contributed by atoms with Crippen LogP contribution in [0, 0.1) is 0 Å². The molecule has 0 atom stereocenters. The number of fused-ring (bicyclic) bond motifs is 7. The zero-order chi connectivity index (χ0) is 39.6. The lowest BCUT2D eigenvalue weighted by Crippen LogP contribution is -2.11. The summed E-state index contributed by atoms with van der Waals surface area (Å²) >= 11 is 0. The maximum absolute atomic E-state index is 6.47. The first-order valence-electron chi connectivity index (χ1n) is 20.2. The first kappa shape index (κ1) is 33.9. The van der Waals surface area contributed by atoms with Gasteiger partial charge in [-0.2, -0.15) is 0 Å². The highest BCUT2D eigenvalue weighted by molar-refractivity contribution is 6.15. The van der Waals surface area contributed by atoms with Crippen molar-refractivity contribution in [1.29, 1.82) is 0 Å². The van der Waals surface area contributed by atoms with Crippen LogP contribution in [0.15, 0.2) is 221 Å². The van der Waals surface area contributed by atoms with E-state index in [9.17, 15) is 0 Å². The summed E-state index contributed by atoms with van der Waals surface area (Å²) in [6.07, 6.45) is 0. The van der Waals surface area contributed by atoms with Crippen molar-refractivity contribution < 1.29 is 8.83 Å². The zero-order valence-corrected chi connectivity index (χ0v) is 32.4. The van der Waals surface area contributed by atoms with Gasteiger partial charge in [0.1, 0.15) is 16.7 Å². The molecule has 5 heteroatoms. The van der Waals surface area contributed by atoms with E-state index in [0.29, 0.717) is 5.89 Å². The van der Waals surface area contributed by atoms with Crippen molar-refractivity contribution in [2.75, 3.05) is 4.90 Å². The van der Waals surface area contributed by atoms with E-state index in [1.165, 1.54) is 16.3 Å². The van der Waals surface area contributed by atoms with Crippen LogP contribution in [-0.4, -0.2) is 9.55 Å². The minimum absolute atomic E-state index is 0.595. The Morgan fingerprint density at radius 1 is 0.400 bits per heavy atom. The van der Waals surface area contributed by atoms with Crippen LogP contribution in [0.3, 0.4) is 0 Å². The number of anilines is 3. The van der Waals surface area contributed by atoms with Crippen LogP contribution in [0.1, 0.15) is 0 Å². The Morgan fingerprint density at radius 2 is 1.05 bits per heavy atom. The molecular formula is C55H35N3O2. The molecule has 0 fully saturated rings. The molecule has 60 heavy (non-hydrogen) atoms. The Morgan fingerprint density at radius 3 is 1.87 bits per heavy atom. The van der Waals surface area contributed by atoms with Crippen molar-refractivity contribution in [2.45, 2.75) is 0 Å². The molecule has 0 spiro atoms. The topological polar surface area (TPSA) is 47.3 Å². The monoisotopic (exact) mass is 769 g/mol. The van der Waals surface area contributed by atoms with Crippen LogP contribution in [-0.2, 0) is 0 Å². The second-order valence-corrected chi connectivity index (χ2v) is 15.1. The maximum atomic E-state index is 6.47. The quantitative estimate of drug-likeness (QED) is 0.162. The fraction of sp³-hybridized carbons (Fsp3) is 0. The summed E-state index contributed by atoms with van der Waals surface area (Å²) in [5.74, 6) is 0.595. The Kier molecular flexibility index (Phi) is 7.78. The minimum Gasteiger partial charge on any atom is -0.456 e. The van der Waals surface area contributed by atoms with Gasteiger partial charge in [-0.15, -0.1) is 0 Å². The highest BCUT2D eigenvalue weighted by Gasteiger charge is 2.21. The van der Waals surface area contributed by atoms with Gasteiger partial charge in [-0.25, -0.2) is 4.98 Å². The Bertz CT molecular complexity index is 3530. The molecule has 12 rings (SSSR count). The molecule has 282 valence electrons. The fourth-order valence-electron chi connectivity index (χ4n) is 8.89. The Hall–Kier alpha value is -8.15. The van der Waals surface area contributed by atoms with Crippen molar-refractivity contribution in [3.8, 4) is 39.4 Å². The number of benzene rings is 9. The molecule has 0 saturated carbocycles. The summed E-state index contributed by atoms with van der Waals surface area (Å²) in [6, 6.07) is 74.7. The summed E-state index contributed by atoms with van der Waals surface area (Å²) in [5, 5.41) is 4.45. The van der Waals surface area contributed by atoms with E-state index in [-0.39, 0.29) is 0 Å². The number of furan rings is 1. The molecule has 0 aliphatic rings. The van der Waals surface area contributed by atoms with Gasteiger partial charge in [0.05, 0.1) is 16.7 Å². The zero-order valence-electron chi connectivity index (χ0n) is 32.4. The molecule has 0 aliphatic heterocycles. The van der Waals surface area contributed by atoms with Crippen molar-refractivity contribution in [3.05, 3.63) is 212 Å². The van der Waals surface area contributed by atoms with Crippen LogP contribution in [0.4, 0.5) is 17.1 Å². The number of nitrogens with zero attached hydrogens (tertiary/aromatic N) is 3. The molecule has 0 unspecified atom stereocenters. The third-order valence-electron chi connectivity index (χ3n) is 11.6. The number of hydrogen-bond donors (Lipinski definition) is 0. The molecule has 0 N–H and O–H groups in total. The Labute approximate surface area is 345 Å². The van der Waals surface area contributed by atoms with E-state index in [1.807, 2.05) is 42.5 Å². The summed E-state index contributed by atoms with van der Waals surface area (Å²) in [5.41, 5.74) is 15.2. The average Bonchev–Trinajstić information content (AvgIpc) is 4.01. The predicted octanol–water partition coefficient (Wildman–Crippen LogP) is 15.3. The second-order valence-electron chi connectivity index (χ2n) is 15.1. The normalized spacial score (nSPS) is 11.7. The molecule has 5 nitrogen and oxygen atoms in total. The number of hydrogen-bond acceptors (Lipinski definition) is 4. The predicted molar refractivity (Wildman–Crippen MR) is 247 cm³/mol. The summed E-state index contributed by atoms with van der Waals surface area (Å²) in [4.78, 5) is 7.19. The number of oxazole rings is 1. The van der Waals surface area contributed by atoms with Crippen molar-refractivity contribution >= 4 is 71.9 Å². The Balaban J connectivity index is 1.01. The summed E-state index contributed by atoms with van der Waals surface area (Å²) in [6.45, 7) is 0. The van der Waals surface area contributed by atoms with Gasteiger partial charge >= 0.3 is 0 Å². The minimum atomic E-state index is 0.595. The number of para-hydroxylation sites is 3. The van der Waals surface area contributed by atoms with Crippen LogP contribution in [0.5, 0.6) is 0 Å². The van der Waals surface area contributed by atoms with Gasteiger partial charge in [-0.3, -0.25) is 0 Å². The lowest BCUT2D eigenvalue weighted by molar-refractivity contribution is 0.620. The molecule has 0 saturated heterocycles. The van der Waals surface area contributed by atoms with E-state index in [1.54, 1.807) is 0 Å². The van der Waals surface area contributed by atoms with E-state index in [4.69, 9.17) is 13.8 Å². The first-order valence-corrected chi connectivity index (χ1v) is 20.2. The highest BCUT2D eigenvalue weighted by Crippen LogP contribution is 2.45. The molecule has 3 aromatic heterocycles. The highest BCUT2D eigenvalue weighted by atomic mass is 16.4. The molecule has 0 radical (unpaired) electrons. The molecule has 9 aromatic carbocycles. The smallest absolute Gasteiger partial charge is 0.227 e. The fourth-order valence-corrected chi connectivity index (χ4v) is 8.89. The molecule has 0 aliphatic carbocycles. The van der Waals surface area contributed by atoms with Crippen LogP contribution in [0.25, 0.3) is 94.2 Å². The molecule has 0 bridgehead atoms. The van der Waals surface area contributed by atoms with Crippen LogP contribution < -0.4 is 4.90 Å². The number of rotatable bonds is 7. The largest absolute Gasteiger partial charge is 0.456 e. The van der Waals surface area contributed by atoms with Crippen molar-refractivity contribution in [3.63, 3.8) is 0 Å². The van der Waals surface area contributed by atoms with Gasteiger partial charge in [-0.05, 0) is 95.6 Å². The lowest BCUT2D eigenvalue weighted by atomic mass is 9.98. The average molecular weight is 770 g/mol. The van der Waals surface area contributed by atoms with Crippen molar-refractivity contribution in [2.24, 2.45) is 0 Å². The molecular weight excluding hydrogens is 735 g/mol. The molecule has 0 amide bonds. The van der Waals surface area contributed by atoms with Gasteiger partial charge in [0, 0.05) is 55.8 Å². The third kappa shape index (κ3) is 5.52. The van der Waals surface area contributed by atoms with Crippen LogP contribution >= 0.6 is 0 Å². The van der Waals surface area contributed by atoms with Gasteiger partial charge in [0.2, 0.25) is 5.89 Å².